The van der Waals surface area contributed by atoms with Gasteiger partial charge in [-0.05, 0) is 36.4 Å². The molecule has 6 aromatic rings. The van der Waals surface area contributed by atoms with Gasteiger partial charge in [-0.2, -0.15) is 15.3 Å². The molecule has 9 heteroatoms. The van der Waals surface area contributed by atoms with Gasteiger partial charge in [0.2, 0.25) is 0 Å². The monoisotopic (exact) mass is 490 g/mol. The molecule has 0 fully saturated rings. The molecule has 0 saturated heterocycles. The van der Waals surface area contributed by atoms with Gasteiger partial charge in [0, 0.05) is 22.3 Å². The molecule has 3 aromatic heterocycles. The zero-order valence-corrected chi connectivity index (χ0v) is 19.7. The van der Waals surface area contributed by atoms with Crippen LogP contribution in [0.25, 0.3) is 33.7 Å². The van der Waals surface area contributed by atoms with Crippen LogP contribution in [0.1, 0.15) is 5.56 Å². The zero-order chi connectivity index (χ0) is 24.3. The Morgan fingerprint density at radius 1 is 0.833 bits per heavy atom. The summed E-state index contributed by atoms with van der Waals surface area (Å²) >= 11 is 6.10. The van der Waals surface area contributed by atoms with Crippen LogP contribution in [0, 0.1) is 0 Å². The molecule has 8 nitrogen and oxygen atoms in total. The number of hydrogen-bond donors (Lipinski definition) is 1. The summed E-state index contributed by atoms with van der Waals surface area (Å²) in [4.78, 5) is 8.78. The predicted octanol–water partition coefficient (Wildman–Crippen LogP) is 5.77. The van der Waals surface area contributed by atoms with E-state index < -0.39 is 0 Å². The normalized spacial score (nSPS) is 11.4. The lowest BCUT2D eigenvalue weighted by Crippen LogP contribution is -1.99. The molecule has 0 amide bonds. The van der Waals surface area contributed by atoms with Crippen LogP contribution in [-0.2, 0) is 0 Å². The first-order valence-corrected chi connectivity index (χ1v) is 11.6. The second kappa shape index (κ2) is 9.44. The largest absolute Gasteiger partial charge is 0.261 e. The summed E-state index contributed by atoms with van der Waals surface area (Å²) in [6, 6.07) is 27.3. The fraction of sp³-hybridized carbons (Fsp3) is 0. The first-order valence-electron chi connectivity index (χ1n) is 11.2. The maximum atomic E-state index is 6.10. The third kappa shape index (κ3) is 4.21. The van der Waals surface area contributed by atoms with Gasteiger partial charge in [-0.1, -0.05) is 60.1 Å². The molecule has 0 saturated carbocycles. The van der Waals surface area contributed by atoms with Gasteiger partial charge < -0.3 is 0 Å². The van der Waals surface area contributed by atoms with E-state index in [9.17, 15) is 0 Å². The maximum absolute atomic E-state index is 6.10. The number of nitrogens with one attached hydrogen (secondary N) is 1. The number of benzene rings is 3. The predicted molar refractivity (Wildman–Crippen MR) is 142 cm³/mol. The zero-order valence-electron chi connectivity index (χ0n) is 18.9. The minimum atomic E-state index is 0.557. The molecule has 0 aliphatic heterocycles. The highest BCUT2D eigenvalue weighted by molar-refractivity contribution is 6.30. The van der Waals surface area contributed by atoms with Gasteiger partial charge in [0.05, 0.1) is 29.2 Å². The maximum Gasteiger partial charge on any atom is 0.168 e. The number of hydrogen-bond acceptors (Lipinski definition) is 6. The smallest absolute Gasteiger partial charge is 0.168 e. The topological polar surface area (TPSA) is 85.8 Å². The third-order valence-corrected chi connectivity index (χ3v) is 5.87. The molecule has 0 unspecified atom stereocenters. The van der Waals surface area contributed by atoms with Gasteiger partial charge in [0.1, 0.15) is 12.0 Å². The Labute approximate surface area is 211 Å². The molecule has 0 aliphatic rings. The minimum Gasteiger partial charge on any atom is -0.261 e. The molecule has 1 N–H and O–H groups in total. The van der Waals surface area contributed by atoms with Crippen molar-refractivity contribution in [3.8, 4) is 22.6 Å². The van der Waals surface area contributed by atoms with Crippen LogP contribution in [0.3, 0.4) is 0 Å². The van der Waals surface area contributed by atoms with E-state index in [2.05, 4.69) is 25.6 Å². The number of halogens is 1. The summed E-state index contributed by atoms with van der Waals surface area (Å²) in [5.41, 5.74) is 8.15. The van der Waals surface area contributed by atoms with Crippen molar-refractivity contribution in [2.75, 3.05) is 5.43 Å². The van der Waals surface area contributed by atoms with Crippen molar-refractivity contribution in [3.05, 3.63) is 114 Å². The molecule has 0 bridgehead atoms. The summed E-state index contributed by atoms with van der Waals surface area (Å²) in [7, 11) is 0. The Morgan fingerprint density at radius 2 is 1.56 bits per heavy atom. The Hall–Kier alpha value is -4.82. The average molecular weight is 491 g/mol. The molecule has 36 heavy (non-hydrogen) atoms. The van der Waals surface area contributed by atoms with Crippen molar-refractivity contribution in [3.63, 3.8) is 0 Å². The van der Waals surface area contributed by atoms with Crippen molar-refractivity contribution in [2.45, 2.75) is 0 Å². The molecular formula is C27H19ClN8. The average Bonchev–Trinajstić information content (AvgIpc) is 3.56. The minimum absolute atomic E-state index is 0.557. The van der Waals surface area contributed by atoms with Gasteiger partial charge >= 0.3 is 0 Å². The van der Waals surface area contributed by atoms with Crippen LogP contribution < -0.4 is 5.43 Å². The Morgan fingerprint density at radius 3 is 2.31 bits per heavy atom. The summed E-state index contributed by atoms with van der Waals surface area (Å²) < 4.78 is 3.60. The molecule has 0 aliphatic carbocycles. The fourth-order valence-corrected chi connectivity index (χ4v) is 4.01. The number of nitrogens with zero attached hydrogens (tertiary/aromatic N) is 7. The van der Waals surface area contributed by atoms with E-state index in [0.717, 1.165) is 33.6 Å². The van der Waals surface area contributed by atoms with Crippen molar-refractivity contribution in [2.24, 2.45) is 5.10 Å². The van der Waals surface area contributed by atoms with Gasteiger partial charge in [-0.15, -0.1) is 0 Å². The number of para-hydroxylation sites is 2. The second-order valence-corrected chi connectivity index (χ2v) is 8.38. The molecule has 6 rings (SSSR count). The van der Waals surface area contributed by atoms with Crippen molar-refractivity contribution in [1.29, 1.82) is 0 Å². The van der Waals surface area contributed by atoms with E-state index in [4.69, 9.17) is 16.7 Å². The SMILES string of the molecule is Clc1ccc(-c2nn(-c3ccccc3)cc2C=NNc2ncnc3c2cnn3-c2ccccc2)cc1. The summed E-state index contributed by atoms with van der Waals surface area (Å²) in [5.74, 6) is 0.557. The van der Waals surface area contributed by atoms with Crippen molar-refractivity contribution < 1.29 is 0 Å². The van der Waals surface area contributed by atoms with Crippen molar-refractivity contribution in [1.82, 2.24) is 29.5 Å². The highest BCUT2D eigenvalue weighted by Crippen LogP contribution is 2.25. The number of fused-ring (bicyclic) bond motifs is 1. The van der Waals surface area contributed by atoms with Crippen LogP contribution in [0.2, 0.25) is 5.02 Å². The fourth-order valence-electron chi connectivity index (χ4n) is 3.88. The molecule has 0 radical (unpaired) electrons. The Kier molecular flexibility index (Phi) is 5.69. The van der Waals surface area contributed by atoms with Gasteiger partial charge in [-0.25, -0.2) is 19.3 Å². The molecule has 0 spiro atoms. The van der Waals surface area contributed by atoms with E-state index in [1.807, 2.05) is 95.8 Å². The number of rotatable bonds is 6. The molecule has 0 atom stereocenters. The number of aromatic nitrogens is 6. The molecular weight excluding hydrogens is 472 g/mol. The van der Waals surface area contributed by atoms with E-state index in [1.54, 1.807) is 17.1 Å². The van der Waals surface area contributed by atoms with Crippen molar-refractivity contribution >= 4 is 34.7 Å². The molecule has 174 valence electrons. The van der Waals surface area contributed by atoms with Crippen LogP contribution >= 0.6 is 11.6 Å². The Balaban J connectivity index is 1.34. The molecule has 3 aromatic carbocycles. The van der Waals surface area contributed by atoms with E-state index in [1.165, 1.54) is 6.33 Å². The van der Waals surface area contributed by atoms with E-state index in [0.29, 0.717) is 16.5 Å². The van der Waals surface area contributed by atoms with Gasteiger partial charge in [-0.3, -0.25) is 5.43 Å². The first-order chi connectivity index (χ1) is 17.8. The van der Waals surface area contributed by atoms with Crippen LogP contribution in [0.4, 0.5) is 5.82 Å². The lowest BCUT2D eigenvalue weighted by Gasteiger charge is -2.03. The summed E-state index contributed by atoms with van der Waals surface area (Å²) in [6.45, 7) is 0. The highest BCUT2D eigenvalue weighted by Gasteiger charge is 2.13. The van der Waals surface area contributed by atoms with Crippen LogP contribution in [-0.4, -0.2) is 35.7 Å². The second-order valence-electron chi connectivity index (χ2n) is 7.94. The van der Waals surface area contributed by atoms with Crippen LogP contribution in [0.5, 0.6) is 0 Å². The lowest BCUT2D eigenvalue weighted by atomic mass is 10.1. The highest BCUT2D eigenvalue weighted by atomic mass is 35.5. The summed E-state index contributed by atoms with van der Waals surface area (Å²) in [6.07, 6.45) is 6.89. The number of anilines is 1. The van der Waals surface area contributed by atoms with E-state index >= 15 is 0 Å². The van der Waals surface area contributed by atoms with Crippen LogP contribution in [0.15, 0.2) is 109 Å². The summed E-state index contributed by atoms with van der Waals surface area (Å²) in [5, 5.41) is 15.2. The lowest BCUT2D eigenvalue weighted by molar-refractivity contribution is 0.884. The first kappa shape index (κ1) is 21.7. The van der Waals surface area contributed by atoms with Gasteiger partial charge in [0.25, 0.3) is 0 Å². The standard InChI is InChI=1S/C27H19ClN8/c28-21-13-11-19(12-14-21)25-20(17-35(34-25)22-7-3-1-4-8-22)15-31-33-26-24-16-32-36(27(24)30-18-29-26)23-9-5-2-6-10-23/h1-18H,(H,29,30,33). The molecule has 3 heterocycles. The number of hydrazone groups is 1. The van der Waals surface area contributed by atoms with Gasteiger partial charge in [0.15, 0.2) is 11.5 Å². The Bertz CT molecular complexity index is 1660. The van der Waals surface area contributed by atoms with E-state index in [-0.39, 0.29) is 0 Å². The third-order valence-electron chi connectivity index (χ3n) is 5.62. The quantitative estimate of drug-likeness (QED) is 0.237.